The third-order valence-corrected chi connectivity index (χ3v) is 15.2. The van der Waals surface area contributed by atoms with Gasteiger partial charge in [0.05, 0.1) is 56.8 Å². The van der Waals surface area contributed by atoms with Gasteiger partial charge >= 0.3 is 42.7 Å². The summed E-state index contributed by atoms with van der Waals surface area (Å²) in [5, 5.41) is 51.0. The Hall–Kier alpha value is -7.72. The van der Waals surface area contributed by atoms with Gasteiger partial charge in [-0.25, -0.2) is 45.5 Å². The Morgan fingerprint density at radius 1 is 0.478 bits per heavy atom. The number of aromatic carboxylic acids is 2. The number of nitrogen functional groups attached to an aromatic ring is 1. The van der Waals surface area contributed by atoms with Crippen LogP contribution in [0.4, 0.5) is 32.0 Å². The van der Waals surface area contributed by atoms with Gasteiger partial charge in [0.1, 0.15) is 63.3 Å². The van der Waals surface area contributed by atoms with Crippen molar-refractivity contribution in [2.75, 3.05) is 20.0 Å². The first-order valence-electron chi connectivity index (χ1n) is 24.8. The van der Waals surface area contributed by atoms with Crippen LogP contribution in [-0.4, -0.2) is 80.7 Å². The van der Waals surface area contributed by atoms with Crippen molar-refractivity contribution in [3.05, 3.63) is 221 Å². The number of benzene rings is 6. The zero-order chi connectivity index (χ0) is 65.4. The monoisotopic (exact) mass is 1370 g/mol. The molecule has 0 aliphatic carbocycles. The summed E-state index contributed by atoms with van der Waals surface area (Å²) < 4.78 is 91.2. The number of esters is 2. The molecule has 15 nitrogen and oxygen atoms in total. The summed E-state index contributed by atoms with van der Waals surface area (Å²) in [6, 6.07) is 22.7. The molecule has 0 amide bonds. The molecule has 0 fully saturated rings. The fourth-order valence-electron chi connectivity index (χ4n) is 7.98. The molecule has 3 aromatic heterocycles. The summed E-state index contributed by atoms with van der Waals surface area (Å²) in [6.07, 6.45) is -0.631. The molecule has 9 aromatic rings. The quantitative estimate of drug-likeness (QED) is 0.0206. The number of phenols is 3. The molecule has 0 aliphatic heterocycles. The first-order valence-corrected chi connectivity index (χ1v) is 31.5. The fraction of sp³-hybridized carbons (Fsp3) is 0.115. The number of methoxy groups -OCH3 is 2. The van der Waals surface area contributed by atoms with Gasteiger partial charge in [-0.1, -0.05) is 70.1 Å². The fourth-order valence-corrected chi connectivity index (χ4v) is 11.1. The maximum atomic E-state index is 14.4. The molecule has 3 heterocycles. The van der Waals surface area contributed by atoms with E-state index in [0.29, 0.717) is 32.1 Å². The molecule has 0 bridgehead atoms. The van der Waals surface area contributed by atoms with Crippen molar-refractivity contribution in [2.24, 2.45) is 0 Å². The Balaban J connectivity index is 0.000000318. The van der Waals surface area contributed by atoms with Crippen LogP contribution in [0.3, 0.4) is 0 Å². The van der Waals surface area contributed by atoms with Gasteiger partial charge in [-0.15, -0.1) is 34.0 Å². The Morgan fingerprint density at radius 2 is 0.789 bits per heavy atom. The van der Waals surface area contributed by atoms with E-state index >= 15 is 0 Å². The summed E-state index contributed by atoms with van der Waals surface area (Å²) in [5.74, 6) is -10.9. The predicted molar refractivity (Wildman–Crippen MR) is 331 cm³/mol. The molecule has 0 saturated heterocycles. The number of carboxylic acids is 2. The van der Waals surface area contributed by atoms with Crippen LogP contribution in [0, 0.1) is 55.7 Å². The summed E-state index contributed by atoms with van der Waals surface area (Å²) in [5.41, 5.74) is 8.78. The van der Waals surface area contributed by atoms with E-state index in [-0.39, 0.29) is 98.1 Å². The van der Waals surface area contributed by atoms with Gasteiger partial charge in [-0.05, 0) is 132 Å². The van der Waals surface area contributed by atoms with Gasteiger partial charge in [-0.3, -0.25) is 9.59 Å². The molecular formula is C61H48Cl3F6LiNO14PS3. The summed E-state index contributed by atoms with van der Waals surface area (Å²) in [4.78, 5) is 72.0. The minimum absolute atomic E-state index is 0. The third-order valence-electron chi connectivity index (χ3n) is 12.1. The molecule has 9 rings (SSSR count). The van der Waals surface area contributed by atoms with Crippen LogP contribution in [0.15, 0.2) is 125 Å². The van der Waals surface area contributed by atoms with E-state index in [9.17, 15) is 70.4 Å². The van der Waals surface area contributed by atoms with E-state index in [1.165, 1.54) is 55.2 Å². The number of aromatic hydroxyl groups is 3. The number of phenolic OH excluding ortho intramolecular Hbond substituents is 2. The minimum atomic E-state index is -1.35. The number of carboxylic acid groups (broad SMARTS) is 2. The van der Waals surface area contributed by atoms with Crippen molar-refractivity contribution in [1.82, 2.24) is 0 Å². The number of carbonyl (C=O) groups is 6. The molecule has 8 N–H and O–H groups in total. The van der Waals surface area contributed by atoms with Crippen molar-refractivity contribution < 1.29 is 114 Å². The third kappa shape index (κ3) is 20.4. The number of nitrogens with two attached hydrogens (primary N) is 1. The van der Waals surface area contributed by atoms with Gasteiger partial charge in [0.15, 0.2) is 17.5 Å². The summed E-state index contributed by atoms with van der Waals surface area (Å²) in [6.45, 7) is 5.27. The summed E-state index contributed by atoms with van der Waals surface area (Å²) >= 11 is 18.0. The van der Waals surface area contributed by atoms with E-state index < -0.39 is 87.6 Å². The molecule has 6 aromatic carbocycles. The van der Waals surface area contributed by atoms with Gasteiger partial charge in [0, 0.05) is 34.9 Å². The Bertz CT molecular complexity index is 4090. The number of hydrogen-bond acceptors (Lipinski definition) is 16. The van der Waals surface area contributed by atoms with Gasteiger partial charge in [0.2, 0.25) is 0 Å². The van der Waals surface area contributed by atoms with Crippen molar-refractivity contribution >= 4 is 115 Å². The number of ether oxygens (including phenoxy) is 2. The molecule has 468 valence electrons. The van der Waals surface area contributed by atoms with Crippen molar-refractivity contribution in [3.63, 3.8) is 0 Å². The maximum Gasteiger partial charge on any atom is 1.00 e. The van der Waals surface area contributed by atoms with Crippen LogP contribution in [0.25, 0.3) is 31.3 Å². The van der Waals surface area contributed by atoms with E-state index in [1.54, 1.807) is 61.9 Å². The zero-order valence-electron chi connectivity index (χ0n) is 47.6. The second-order valence-electron chi connectivity index (χ2n) is 18.2. The number of hydrogen-bond donors (Lipinski definition) is 6. The van der Waals surface area contributed by atoms with Crippen LogP contribution >= 0.6 is 73.7 Å². The number of rotatable bonds is 13. The van der Waals surface area contributed by atoms with Gasteiger partial charge < -0.3 is 46.2 Å². The molecule has 0 unspecified atom stereocenters. The molecule has 0 atom stereocenters. The Kier molecular flexibility index (Phi) is 29.8. The topological polar surface area (TPSA) is 278 Å². The largest absolute Gasteiger partial charge is 1.00 e. The van der Waals surface area contributed by atoms with E-state index in [4.69, 9.17) is 54.4 Å². The van der Waals surface area contributed by atoms with Gasteiger partial charge in [-0.2, -0.15) is 0 Å². The first-order chi connectivity index (χ1) is 41.5. The molecule has 0 spiro atoms. The first kappa shape index (κ1) is 76.5. The van der Waals surface area contributed by atoms with Crippen molar-refractivity contribution in [1.29, 1.82) is 0 Å². The van der Waals surface area contributed by atoms with Crippen LogP contribution in [0.2, 0.25) is 0 Å². The predicted octanol–water partition coefficient (Wildman–Crippen LogP) is 14.0. The van der Waals surface area contributed by atoms with Crippen molar-refractivity contribution in [2.45, 2.75) is 33.6 Å². The summed E-state index contributed by atoms with van der Waals surface area (Å²) in [7, 11) is 2.47. The van der Waals surface area contributed by atoms with Crippen LogP contribution in [-0.2, 0) is 22.3 Å². The number of anilines is 1. The smallest absolute Gasteiger partial charge is 0.870 e. The number of Topliss-reactive ketones (excluding diaryl/α,β-unsaturated/α-hetero) is 2. The van der Waals surface area contributed by atoms with Gasteiger partial charge in [0.25, 0.3) is 0 Å². The SMILES string of the molecule is COC(=O)c1c(CC(=O)c2cc(F)ccc2O)csc1-c1ccc(C)cc1F.COC(=O)c1c(N)csc1-c1ccc(C)cc1F.Cc1ccc(-c2scc(CC(=O)c3cc(F)ccc3O)c2C(=O)O)c(F)c1.ClP(Cl)Cl.O=C(O)c1cc(F)ccc1O.[Li+].[OH-]. The van der Waals surface area contributed by atoms with E-state index in [0.717, 1.165) is 88.4 Å². The Labute approximate surface area is 549 Å². The second kappa shape index (κ2) is 35.0. The van der Waals surface area contributed by atoms with Crippen LogP contribution < -0.4 is 24.6 Å². The molecule has 0 aliphatic rings. The molecule has 0 radical (unpaired) electrons. The average Bonchev–Trinajstić information content (AvgIpc) is 2.08. The van der Waals surface area contributed by atoms with Crippen molar-refractivity contribution in [3.8, 4) is 48.6 Å². The van der Waals surface area contributed by atoms with Crippen LogP contribution in [0.5, 0.6) is 17.2 Å². The standard InChI is InChI=1S/C21H16F2O4S.C20H14F2O4S.C13H12FNO2S.C7H5FO3.Cl3P.Li.H2O/c1-11-3-5-14(16(23)7-11)20-19(21(26)27-2)12(10-28-20)8-18(25)15-9-13(22)4-6-17(15)24;1-10-2-4-13(15(22)6-10)19-18(20(25)26)11(9-27-19)7-17(24)14-8-12(21)3-5-16(14)23;1-7-3-4-8(9(14)5-7)12-11(13(16)17-2)10(15)6-18-12;8-4-1-2-6(9)5(3-4)7(10)11;1-4(2)3;;/h3-7,9-10,24H,8H2,1-2H3;2-6,8-9,23H,7H2,1H3,(H,25,26);3-6H,15H2,1-2H3;1-3,9H,(H,10,11);;;1H2/q;;;;;+1;/p-1. The molecule has 29 heteroatoms. The average molecular weight is 1370 g/mol. The van der Waals surface area contributed by atoms with E-state index in [1.807, 2.05) is 0 Å². The maximum absolute atomic E-state index is 14.4. The van der Waals surface area contributed by atoms with Crippen LogP contribution in [0.1, 0.15) is 90.0 Å². The normalized spacial score (nSPS) is 10.2. The zero-order valence-corrected chi connectivity index (χ0v) is 53.3. The number of aryl methyl sites for hydroxylation is 3. The second-order valence-corrected chi connectivity index (χ2v) is 25.9. The number of halogens is 9. The molecule has 0 saturated carbocycles. The Morgan fingerprint density at radius 3 is 1.12 bits per heavy atom. The molecular weight excluding hydrogens is 1330 g/mol. The number of thiophene rings is 3. The number of carbonyl (C=O) groups excluding carboxylic acids is 4. The number of ketones is 2. The minimum Gasteiger partial charge on any atom is -0.870 e. The van der Waals surface area contributed by atoms with E-state index in [2.05, 4.69) is 4.74 Å². The molecule has 90 heavy (non-hydrogen) atoms.